The summed E-state index contributed by atoms with van der Waals surface area (Å²) in [4.78, 5) is 0. The third-order valence-electron chi connectivity index (χ3n) is 3.56. The smallest absolute Gasteiger partial charge is 0.126 e. The SMILES string of the molecule is CCc1c(F)cccc1C/C(C)=C\C(C)=C1CC1. The molecule has 2 rings (SSSR count). The van der Waals surface area contributed by atoms with Gasteiger partial charge in [0.05, 0.1) is 0 Å². The van der Waals surface area contributed by atoms with E-state index in [2.05, 4.69) is 19.9 Å². The van der Waals surface area contributed by atoms with Crippen LogP contribution in [0.2, 0.25) is 0 Å². The zero-order valence-electron chi connectivity index (χ0n) is 11.5. The summed E-state index contributed by atoms with van der Waals surface area (Å²) in [6, 6.07) is 5.40. The highest BCUT2D eigenvalue weighted by Gasteiger charge is 2.13. The van der Waals surface area contributed by atoms with Crippen molar-refractivity contribution in [3.8, 4) is 0 Å². The van der Waals surface area contributed by atoms with Gasteiger partial charge in [-0.05, 0) is 56.7 Å². The van der Waals surface area contributed by atoms with Crippen LogP contribution in [0.25, 0.3) is 0 Å². The predicted octanol–water partition coefficient (Wildman–Crippen LogP) is 4.99. The Kier molecular flexibility index (Phi) is 4.00. The van der Waals surface area contributed by atoms with E-state index in [4.69, 9.17) is 0 Å². The van der Waals surface area contributed by atoms with E-state index < -0.39 is 0 Å². The third kappa shape index (κ3) is 3.10. The van der Waals surface area contributed by atoms with E-state index in [9.17, 15) is 4.39 Å². The number of allylic oxidation sites excluding steroid dienone is 4. The van der Waals surface area contributed by atoms with Crippen LogP contribution in [0.4, 0.5) is 4.39 Å². The second-order valence-electron chi connectivity index (χ2n) is 5.19. The zero-order valence-corrected chi connectivity index (χ0v) is 11.5. The Labute approximate surface area is 109 Å². The third-order valence-corrected chi connectivity index (χ3v) is 3.56. The molecule has 0 aromatic heterocycles. The normalized spacial score (nSPS) is 14.9. The van der Waals surface area contributed by atoms with Gasteiger partial charge in [0.2, 0.25) is 0 Å². The highest BCUT2D eigenvalue weighted by Crippen LogP contribution is 2.32. The van der Waals surface area contributed by atoms with E-state index in [0.717, 1.165) is 24.0 Å². The van der Waals surface area contributed by atoms with Gasteiger partial charge < -0.3 is 0 Å². The lowest BCUT2D eigenvalue weighted by Gasteiger charge is -2.09. The van der Waals surface area contributed by atoms with E-state index in [1.54, 1.807) is 11.6 Å². The first kappa shape index (κ1) is 13.1. The van der Waals surface area contributed by atoms with Crippen LogP contribution in [0.5, 0.6) is 0 Å². The fourth-order valence-corrected chi connectivity index (χ4v) is 2.44. The maximum atomic E-state index is 13.7. The number of benzene rings is 1. The molecule has 1 aliphatic carbocycles. The summed E-state index contributed by atoms with van der Waals surface area (Å²) in [7, 11) is 0. The van der Waals surface area contributed by atoms with Crippen LogP contribution in [0, 0.1) is 5.82 Å². The van der Waals surface area contributed by atoms with Crippen LogP contribution in [-0.4, -0.2) is 0 Å². The van der Waals surface area contributed by atoms with Crippen LogP contribution in [-0.2, 0) is 12.8 Å². The van der Waals surface area contributed by atoms with Crippen molar-refractivity contribution in [3.05, 3.63) is 57.9 Å². The van der Waals surface area contributed by atoms with Crippen molar-refractivity contribution >= 4 is 0 Å². The summed E-state index contributed by atoms with van der Waals surface area (Å²) in [5, 5.41) is 0. The molecular formula is C17H21F. The monoisotopic (exact) mass is 244 g/mol. The first-order valence-electron chi connectivity index (χ1n) is 6.74. The van der Waals surface area contributed by atoms with Crippen LogP contribution in [0.15, 0.2) is 41.0 Å². The van der Waals surface area contributed by atoms with Crippen molar-refractivity contribution in [1.82, 2.24) is 0 Å². The molecule has 1 saturated carbocycles. The molecule has 1 heteroatoms. The average molecular weight is 244 g/mol. The summed E-state index contributed by atoms with van der Waals surface area (Å²) in [5.74, 6) is -0.0694. The van der Waals surface area contributed by atoms with Gasteiger partial charge in [-0.3, -0.25) is 0 Å². The Morgan fingerprint density at radius 2 is 2.00 bits per heavy atom. The molecule has 1 aromatic rings. The molecule has 0 heterocycles. The Hall–Kier alpha value is -1.37. The van der Waals surface area contributed by atoms with Gasteiger partial charge in [-0.15, -0.1) is 0 Å². The Balaban J connectivity index is 2.19. The van der Waals surface area contributed by atoms with Gasteiger partial charge in [-0.2, -0.15) is 0 Å². The molecule has 0 atom stereocenters. The number of rotatable bonds is 4. The summed E-state index contributed by atoms with van der Waals surface area (Å²) >= 11 is 0. The standard InChI is InChI=1S/C17H21F/c1-4-16-15(6-5-7-17(16)18)11-12(2)10-13(3)14-8-9-14/h5-7,10H,4,8-9,11H2,1-3H3/b12-10-. The van der Waals surface area contributed by atoms with Crippen molar-refractivity contribution < 1.29 is 4.39 Å². The number of hydrogen-bond acceptors (Lipinski definition) is 0. The highest BCUT2D eigenvalue weighted by molar-refractivity contribution is 5.37. The fraction of sp³-hybridized carbons (Fsp3) is 0.412. The maximum Gasteiger partial charge on any atom is 0.126 e. The van der Waals surface area contributed by atoms with E-state index in [0.29, 0.717) is 0 Å². The fourth-order valence-electron chi connectivity index (χ4n) is 2.44. The van der Waals surface area contributed by atoms with Crippen LogP contribution in [0.1, 0.15) is 44.7 Å². The zero-order chi connectivity index (χ0) is 13.1. The van der Waals surface area contributed by atoms with Crippen LogP contribution in [0.3, 0.4) is 0 Å². The minimum atomic E-state index is -0.0694. The predicted molar refractivity (Wildman–Crippen MR) is 75.2 cm³/mol. The lowest BCUT2D eigenvalue weighted by atomic mass is 9.97. The quantitative estimate of drug-likeness (QED) is 0.700. The molecule has 0 spiro atoms. The second-order valence-corrected chi connectivity index (χ2v) is 5.19. The molecule has 0 aliphatic heterocycles. The van der Waals surface area contributed by atoms with Crippen molar-refractivity contribution in [3.63, 3.8) is 0 Å². The van der Waals surface area contributed by atoms with E-state index in [1.807, 2.05) is 19.1 Å². The lowest BCUT2D eigenvalue weighted by molar-refractivity contribution is 0.609. The van der Waals surface area contributed by atoms with Crippen LogP contribution < -0.4 is 0 Å². The van der Waals surface area contributed by atoms with Gasteiger partial charge in [0.1, 0.15) is 5.82 Å². The summed E-state index contributed by atoms with van der Waals surface area (Å²) in [6.07, 6.45) is 6.39. The van der Waals surface area contributed by atoms with Crippen molar-refractivity contribution in [2.24, 2.45) is 0 Å². The van der Waals surface area contributed by atoms with Crippen molar-refractivity contribution in [2.45, 2.75) is 46.5 Å². The van der Waals surface area contributed by atoms with Gasteiger partial charge in [0.15, 0.2) is 0 Å². The second kappa shape index (κ2) is 5.51. The van der Waals surface area contributed by atoms with Gasteiger partial charge >= 0.3 is 0 Å². The van der Waals surface area contributed by atoms with E-state index >= 15 is 0 Å². The van der Waals surface area contributed by atoms with Gasteiger partial charge in [-0.25, -0.2) is 4.39 Å². The van der Waals surface area contributed by atoms with E-state index in [1.165, 1.54) is 24.0 Å². The molecule has 1 aromatic carbocycles. The molecule has 0 bridgehead atoms. The first-order chi connectivity index (χ1) is 8.61. The molecule has 0 saturated heterocycles. The molecule has 0 unspecified atom stereocenters. The highest BCUT2D eigenvalue weighted by atomic mass is 19.1. The molecule has 0 nitrogen and oxygen atoms in total. The largest absolute Gasteiger partial charge is 0.207 e. The van der Waals surface area contributed by atoms with Crippen molar-refractivity contribution in [2.75, 3.05) is 0 Å². The van der Waals surface area contributed by atoms with Crippen LogP contribution >= 0.6 is 0 Å². The maximum absolute atomic E-state index is 13.7. The van der Waals surface area contributed by atoms with Gasteiger partial charge in [0, 0.05) is 0 Å². The summed E-state index contributed by atoms with van der Waals surface area (Å²) in [5.41, 5.74) is 6.28. The number of hydrogen-bond donors (Lipinski definition) is 0. The minimum absolute atomic E-state index is 0.0694. The van der Waals surface area contributed by atoms with Crippen molar-refractivity contribution in [1.29, 1.82) is 0 Å². The molecule has 1 aliphatic rings. The Morgan fingerprint density at radius 1 is 1.28 bits per heavy atom. The average Bonchev–Trinajstić information content (AvgIpc) is 3.12. The lowest BCUT2D eigenvalue weighted by Crippen LogP contribution is -1.97. The molecule has 0 radical (unpaired) electrons. The summed E-state index contributed by atoms with van der Waals surface area (Å²) in [6.45, 7) is 6.33. The molecule has 18 heavy (non-hydrogen) atoms. The topological polar surface area (TPSA) is 0 Å². The van der Waals surface area contributed by atoms with Gasteiger partial charge in [-0.1, -0.05) is 41.9 Å². The molecule has 1 fully saturated rings. The molecule has 0 amide bonds. The first-order valence-corrected chi connectivity index (χ1v) is 6.74. The van der Waals surface area contributed by atoms with Gasteiger partial charge in [0.25, 0.3) is 0 Å². The molecule has 0 N–H and O–H groups in total. The van der Waals surface area contributed by atoms with E-state index in [-0.39, 0.29) is 5.82 Å². The Morgan fingerprint density at radius 3 is 2.61 bits per heavy atom. The minimum Gasteiger partial charge on any atom is -0.207 e. The number of halogens is 1. The molecular weight excluding hydrogens is 223 g/mol. The summed E-state index contributed by atoms with van der Waals surface area (Å²) < 4.78 is 13.7. The molecule has 96 valence electrons. The Bertz CT molecular complexity index is 500.